The Morgan fingerprint density at radius 2 is 1.79 bits per heavy atom. The first-order chi connectivity index (χ1) is 9.08. The second-order valence-corrected chi connectivity index (χ2v) is 3.56. The fourth-order valence-corrected chi connectivity index (χ4v) is 1.42. The highest BCUT2D eigenvalue weighted by Crippen LogP contribution is 2.33. The van der Waals surface area contributed by atoms with Crippen molar-refractivity contribution >= 4 is 17.7 Å². The van der Waals surface area contributed by atoms with E-state index >= 15 is 0 Å². The van der Waals surface area contributed by atoms with Crippen molar-refractivity contribution in [3.8, 4) is 11.5 Å². The van der Waals surface area contributed by atoms with Gasteiger partial charge in [0, 0.05) is 6.54 Å². The Labute approximate surface area is 110 Å². The van der Waals surface area contributed by atoms with Crippen LogP contribution in [-0.2, 0) is 4.79 Å². The van der Waals surface area contributed by atoms with Gasteiger partial charge in [-0.05, 0) is 12.1 Å². The number of rotatable bonds is 6. The molecule has 1 rings (SSSR count). The number of amides is 2. The third-order valence-electron chi connectivity index (χ3n) is 2.29. The quantitative estimate of drug-likeness (QED) is 0.722. The number of carbonyl (C=O) groups excluding carboxylic acids is 1. The maximum atomic E-state index is 11.6. The van der Waals surface area contributed by atoms with E-state index in [2.05, 4.69) is 10.6 Å². The molecule has 0 saturated carbocycles. The van der Waals surface area contributed by atoms with Gasteiger partial charge in [-0.1, -0.05) is 6.07 Å². The SMILES string of the molecule is COc1cccc(OC)c1NC(=O)NCCC(=O)O. The summed E-state index contributed by atoms with van der Waals surface area (Å²) in [6.45, 7) is 0.0403. The van der Waals surface area contributed by atoms with Gasteiger partial charge >= 0.3 is 12.0 Å². The van der Waals surface area contributed by atoms with Crippen LogP contribution in [0.15, 0.2) is 18.2 Å². The predicted molar refractivity (Wildman–Crippen MR) is 68.8 cm³/mol. The van der Waals surface area contributed by atoms with Crippen molar-refractivity contribution < 1.29 is 24.2 Å². The van der Waals surface area contributed by atoms with Crippen molar-refractivity contribution in [2.24, 2.45) is 0 Å². The molecule has 1 aromatic carbocycles. The van der Waals surface area contributed by atoms with E-state index < -0.39 is 12.0 Å². The first-order valence-corrected chi connectivity index (χ1v) is 5.56. The van der Waals surface area contributed by atoms with Crippen molar-refractivity contribution in [1.82, 2.24) is 5.32 Å². The summed E-state index contributed by atoms with van der Waals surface area (Å²) < 4.78 is 10.2. The molecule has 3 N–H and O–H groups in total. The van der Waals surface area contributed by atoms with Crippen LogP contribution < -0.4 is 20.1 Å². The van der Waals surface area contributed by atoms with Gasteiger partial charge in [-0.2, -0.15) is 0 Å². The Morgan fingerprint density at radius 3 is 2.26 bits per heavy atom. The van der Waals surface area contributed by atoms with Crippen LogP contribution in [0.1, 0.15) is 6.42 Å². The largest absolute Gasteiger partial charge is 0.494 e. The molecule has 0 fully saturated rings. The number of carboxylic acid groups (broad SMARTS) is 1. The van der Waals surface area contributed by atoms with Gasteiger partial charge < -0.3 is 25.2 Å². The zero-order chi connectivity index (χ0) is 14.3. The van der Waals surface area contributed by atoms with Gasteiger partial charge in [-0.3, -0.25) is 4.79 Å². The second kappa shape index (κ2) is 7.10. The van der Waals surface area contributed by atoms with Crippen LogP contribution in [0.3, 0.4) is 0 Å². The number of carboxylic acids is 1. The number of nitrogens with one attached hydrogen (secondary N) is 2. The molecule has 19 heavy (non-hydrogen) atoms. The van der Waals surface area contributed by atoms with Gasteiger partial charge in [0.25, 0.3) is 0 Å². The number of methoxy groups -OCH3 is 2. The molecule has 1 aromatic rings. The van der Waals surface area contributed by atoms with E-state index in [9.17, 15) is 9.59 Å². The number of para-hydroxylation sites is 1. The number of ether oxygens (including phenoxy) is 2. The van der Waals surface area contributed by atoms with Crippen molar-refractivity contribution in [1.29, 1.82) is 0 Å². The molecule has 0 spiro atoms. The molecule has 0 unspecified atom stereocenters. The van der Waals surface area contributed by atoms with E-state index in [-0.39, 0.29) is 13.0 Å². The molecule has 104 valence electrons. The molecule has 0 radical (unpaired) electrons. The van der Waals surface area contributed by atoms with Gasteiger partial charge in [-0.25, -0.2) is 4.79 Å². The number of benzene rings is 1. The summed E-state index contributed by atoms with van der Waals surface area (Å²) in [6.07, 6.45) is -0.142. The first kappa shape index (κ1) is 14.6. The molecule has 0 aliphatic rings. The lowest BCUT2D eigenvalue weighted by Gasteiger charge is -2.14. The fraction of sp³-hybridized carbons (Fsp3) is 0.333. The average molecular weight is 268 g/mol. The molecule has 2 amide bonds. The standard InChI is InChI=1S/C12H16N2O5/c1-18-8-4-3-5-9(19-2)11(8)14-12(17)13-7-6-10(15)16/h3-5H,6-7H2,1-2H3,(H,15,16)(H2,13,14,17). The number of aliphatic carboxylic acids is 1. The maximum Gasteiger partial charge on any atom is 0.319 e. The number of hydrogen-bond acceptors (Lipinski definition) is 4. The van der Waals surface area contributed by atoms with Crippen molar-refractivity contribution in [3.05, 3.63) is 18.2 Å². The third-order valence-corrected chi connectivity index (χ3v) is 2.29. The van der Waals surface area contributed by atoms with Crippen LogP contribution in [0.2, 0.25) is 0 Å². The highest BCUT2D eigenvalue weighted by atomic mass is 16.5. The van der Waals surface area contributed by atoms with E-state index in [0.29, 0.717) is 17.2 Å². The van der Waals surface area contributed by atoms with Gasteiger partial charge in [0.2, 0.25) is 0 Å². The molecule has 0 aliphatic heterocycles. The minimum Gasteiger partial charge on any atom is -0.494 e. The molecule has 0 bridgehead atoms. The zero-order valence-electron chi connectivity index (χ0n) is 10.7. The Kier molecular flexibility index (Phi) is 5.46. The zero-order valence-corrected chi connectivity index (χ0v) is 10.7. The molecular weight excluding hydrogens is 252 g/mol. The molecule has 7 heteroatoms. The summed E-state index contributed by atoms with van der Waals surface area (Å²) in [5.41, 5.74) is 0.389. The minimum atomic E-state index is -0.977. The summed E-state index contributed by atoms with van der Waals surface area (Å²) in [5.74, 6) is -0.0735. The molecular formula is C12H16N2O5. The monoisotopic (exact) mass is 268 g/mol. The molecule has 7 nitrogen and oxygen atoms in total. The summed E-state index contributed by atoms with van der Waals surface area (Å²) in [6, 6.07) is 4.56. The van der Waals surface area contributed by atoms with E-state index in [0.717, 1.165) is 0 Å². The molecule has 0 atom stereocenters. The Bertz CT molecular complexity index is 439. The van der Waals surface area contributed by atoms with Crippen LogP contribution in [0, 0.1) is 0 Å². The summed E-state index contributed by atoms with van der Waals surface area (Å²) >= 11 is 0. The predicted octanol–water partition coefficient (Wildman–Crippen LogP) is 1.30. The Balaban J connectivity index is 2.69. The average Bonchev–Trinajstić information content (AvgIpc) is 2.38. The minimum absolute atomic E-state index is 0.0403. The van der Waals surface area contributed by atoms with Crippen LogP contribution >= 0.6 is 0 Å². The lowest BCUT2D eigenvalue weighted by atomic mass is 10.2. The highest BCUT2D eigenvalue weighted by molar-refractivity contribution is 5.93. The number of urea groups is 1. The number of hydrogen-bond donors (Lipinski definition) is 3. The van der Waals surface area contributed by atoms with Crippen molar-refractivity contribution in [2.45, 2.75) is 6.42 Å². The van der Waals surface area contributed by atoms with Crippen molar-refractivity contribution in [3.63, 3.8) is 0 Å². The van der Waals surface area contributed by atoms with Gasteiger partial charge in [0.05, 0.1) is 20.6 Å². The van der Waals surface area contributed by atoms with Crippen LogP contribution in [0.4, 0.5) is 10.5 Å². The first-order valence-electron chi connectivity index (χ1n) is 5.56. The van der Waals surface area contributed by atoms with E-state index in [1.807, 2.05) is 0 Å². The lowest BCUT2D eigenvalue weighted by Crippen LogP contribution is -2.30. The summed E-state index contributed by atoms with van der Waals surface area (Å²) in [4.78, 5) is 21.9. The molecule has 0 heterocycles. The van der Waals surface area contributed by atoms with E-state index in [1.54, 1.807) is 18.2 Å². The topological polar surface area (TPSA) is 96.9 Å². The fourth-order valence-electron chi connectivity index (χ4n) is 1.42. The highest BCUT2D eigenvalue weighted by Gasteiger charge is 2.12. The number of carbonyl (C=O) groups is 2. The maximum absolute atomic E-state index is 11.6. The van der Waals surface area contributed by atoms with Gasteiger partial charge in [-0.15, -0.1) is 0 Å². The second-order valence-electron chi connectivity index (χ2n) is 3.56. The third kappa shape index (κ3) is 4.38. The number of anilines is 1. The summed E-state index contributed by atoms with van der Waals surface area (Å²) in [5, 5.41) is 13.5. The van der Waals surface area contributed by atoms with E-state index in [4.69, 9.17) is 14.6 Å². The molecule has 0 aromatic heterocycles. The van der Waals surface area contributed by atoms with Crippen LogP contribution in [0.5, 0.6) is 11.5 Å². The van der Waals surface area contributed by atoms with Crippen molar-refractivity contribution in [2.75, 3.05) is 26.1 Å². The molecule has 0 saturated heterocycles. The van der Waals surface area contributed by atoms with E-state index in [1.165, 1.54) is 14.2 Å². The Morgan fingerprint density at radius 1 is 1.21 bits per heavy atom. The van der Waals surface area contributed by atoms with Gasteiger partial charge in [0.1, 0.15) is 17.2 Å². The Hall–Kier alpha value is -2.44. The lowest BCUT2D eigenvalue weighted by molar-refractivity contribution is -0.136. The van der Waals surface area contributed by atoms with Gasteiger partial charge in [0.15, 0.2) is 0 Å². The van der Waals surface area contributed by atoms with Crippen LogP contribution in [0.25, 0.3) is 0 Å². The smallest absolute Gasteiger partial charge is 0.319 e. The van der Waals surface area contributed by atoms with Crippen LogP contribution in [-0.4, -0.2) is 37.9 Å². The normalized spacial score (nSPS) is 9.58. The molecule has 0 aliphatic carbocycles. The summed E-state index contributed by atoms with van der Waals surface area (Å²) in [7, 11) is 2.95.